The van der Waals surface area contributed by atoms with Crippen molar-refractivity contribution in [3.8, 4) is 0 Å². The molecule has 0 aromatic heterocycles. The van der Waals surface area contributed by atoms with Crippen LogP contribution in [0.2, 0.25) is 0 Å². The van der Waals surface area contributed by atoms with E-state index in [0.29, 0.717) is 5.56 Å². The lowest BCUT2D eigenvalue weighted by atomic mass is 9.84. The molecule has 0 bridgehead atoms. The quantitative estimate of drug-likeness (QED) is 0.638. The molecule has 3 rings (SSSR count). The van der Waals surface area contributed by atoms with Crippen LogP contribution in [0.15, 0.2) is 78.9 Å². The van der Waals surface area contributed by atoms with Crippen LogP contribution in [-0.2, 0) is 9.53 Å². The zero-order valence-electron chi connectivity index (χ0n) is 16.9. The molecule has 0 spiro atoms. The van der Waals surface area contributed by atoms with E-state index in [4.69, 9.17) is 4.74 Å². The van der Waals surface area contributed by atoms with Crippen molar-refractivity contribution in [1.29, 1.82) is 0 Å². The minimum atomic E-state index is -0.863. The van der Waals surface area contributed by atoms with E-state index in [9.17, 15) is 9.59 Å². The van der Waals surface area contributed by atoms with Crippen molar-refractivity contribution >= 4 is 11.9 Å². The molecule has 0 radical (unpaired) electrons. The molecular weight excluding hydrogens is 362 g/mol. The van der Waals surface area contributed by atoms with E-state index in [1.807, 2.05) is 92.7 Å². The van der Waals surface area contributed by atoms with Crippen LogP contribution in [0, 0.1) is 13.8 Å². The van der Waals surface area contributed by atoms with Gasteiger partial charge in [0.25, 0.3) is 5.91 Å². The third-order valence-corrected chi connectivity index (χ3v) is 4.88. The van der Waals surface area contributed by atoms with Crippen molar-refractivity contribution in [2.45, 2.75) is 25.8 Å². The normalized spacial score (nSPS) is 11.7. The molecule has 1 atom stereocenters. The van der Waals surface area contributed by atoms with Gasteiger partial charge in [-0.3, -0.25) is 4.79 Å². The molecule has 0 aliphatic rings. The Kier molecular flexibility index (Phi) is 6.45. The zero-order chi connectivity index (χ0) is 20.8. The van der Waals surface area contributed by atoms with Crippen LogP contribution in [0.3, 0.4) is 0 Å². The highest BCUT2D eigenvalue weighted by atomic mass is 16.5. The molecule has 1 N–H and O–H groups in total. The summed E-state index contributed by atoms with van der Waals surface area (Å²) in [6.07, 6.45) is 0. The fourth-order valence-electron chi connectivity index (χ4n) is 3.63. The van der Waals surface area contributed by atoms with Crippen molar-refractivity contribution in [2.24, 2.45) is 0 Å². The minimum absolute atomic E-state index is 0.302. The van der Waals surface area contributed by atoms with Crippen LogP contribution in [0.5, 0.6) is 0 Å². The van der Waals surface area contributed by atoms with Crippen molar-refractivity contribution in [2.75, 3.05) is 7.11 Å². The zero-order valence-corrected chi connectivity index (χ0v) is 16.9. The Morgan fingerprint density at radius 1 is 0.793 bits per heavy atom. The third-order valence-electron chi connectivity index (χ3n) is 4.88. The number of esters is 1. The number of aryl methyl sites for hydroxylation is 2. The number of hydrogen-bond donors (Lipinski definition) is 1. The molecule has 4 nitrogen and oxygen atoms in total. The average molecular weight is 387 g/mol. The minimum Gasteiger partial charge on any atom is -0.467 e. The predicted octanol–water partition coefficient (Wildman–Crippen LogP) is 4.41. The molecule has 0 unspecified atom stereocenters. The molecule has 4 heteroatoms. The highest BCUT2D eigenvalue weighted by Gasteiger charge is 2.33. The number of nitrogens with one attached hydrogen (secondary N) is 1. The van der Waals surface area contributed by atoms with E-state index < -0.39 is 12.0 Å². The van der Waals surface area contributed by atoms with Gasteiger partial charge < -0.3 is 10.1 Å². The molecule has 0 heterocycles. The Balaban J connectivity index is 2.02. The fraction of sp³-hybridized carbons (Fsp3) is 0.200. The number of hydrogen-bond acceptors (Lipinski definition) is 3. The molecular formula is C25H25NO3. The van der Waals surface area contributed by atoms with E-state index >= 15 is 0 Å². The van der Waals surface area contributed by atoms with Gasteiger partial charge in [0.1, 0.15) is 6.04 Å². The first-order valence-corrected chi connectivity index (χ1v) is 9.56. The van der Waals surface area contributed by atoms with E-state index in [-0.39, 0.29) is 11.8 Å². The molecule has 0 fully saturated rings. The van der Waals surface area contributed by atoms with Crippen LogP contribution < -0.4 is 5.32 Å². The summed E-state index contributed by atoms with van der Waals surface area (Å²) >= 11 is 0. The molecule has 3 aromatic carbocycles. The molecule has 148 valence electrons. The van der Waals surface area contributed by atoms with Crippen LogP contribution in [0.1, 0.15) is 38.5 Å². The van der Waals surface area contributed by atoms with E-state index in [0.717, 1.165) is 22.3 Å². The summed E-state index contributed by atoms with van der Waals surface area (Å²) in [4.78, 5) is 25.8. The molecule has 3 aromatic rings. The predicted molar refractivity (Wildman–Crippen MR) is 114 cm³/mol. The standard InChI is InChI=1S/C25H25NO3/c1-17-14-18(2)16-21(15-17)24(27)26-23(25(28)29-3)22(19-10-6-4-7-11-19)20-12-8-5-9-13-20/h4-16,22-23H,1-3H3,(H,26,27)/t23-/m0/s1. The van der Waals surface area contributed by atoms with Gasteiger partial charge in [0, 0.05) is 11.5 Å². The number of methoxy groups -OCH3 is 1. The summed E-state index contributed by atoms with van der Waals surface area (Å²) in [5.41, 5.74) is 4.36. The maximum atomic E-state index is 13.0. The molecule has 0 aliphatic heterocycles. The number of benzene rings is 3. The molecule has 29 heavy (non-hydrogen) atoms. The molecule has 1 amide bonds. The summed E-state index contributed by atoms with van der Waals surface area (Å²) < 4.78 is 5.07. The van der Waals surface area contributed by atoms with Gasteiger partial charge in [-0.2, -0.15) is 0 Å². The van der Waals surface area contributed by atoms with E-state index in [1.165, 1.54) is 7.11 Å². The van der Waals surface area contributed by atoms with Gasteiger partial charge in [-0.25, -0.2) is 4.79 Å². The first kappa shape index (κ1) is 20.3. The van der Waals surface area contributed by atoms with Gasteiger partial charge in [-0.1, -0.05) is 77.9 Å². The highest BCUT2D eigenvalue weighted by molar-refractivity contribution is 5.97. The summed E-state index contributed by atoms with van der Waals surface area (Å²) in [7, 11) is 1.34. The van der Waals surface area contributed by atoms with Crippen molar-refractivity contribution in [3.63, 3.8) is 0 Å². The lowest BCUT2D eigenvalue weighted by Crippen LogP contribution is -2.46. The summed E-state index contributed by atoms with van der Waals surface area (Å²) in [5.74, 6) is -1.16. The smallest absolute Gasteiger partial charge is 0.329 e. The van der Waals surface area contributed by atoms with Gasteiger partial charge >= 0.3 is 5.97 Å². The maximum Gasteiger partial charge on any atom is 0.329 e. The van der Waals surface area contributed by atoms with Gasteiger partial charge in [0.15, 0.2) is 0 Å². The Morgan fingerprint density at radius 2 is 1.28 bits per heavy atom. The first-order valence-electron chi connectivity index (χ1n) is 9.56. The Bertz CT molecular complexity index is 924. The highest BCUT2D eigenvalue weighted by Crippen LogP contribution is 2.29. The fourth-order valence-corrected chi connectivity index (χ4v) is 3.63. The van der Waals surface area contributed by atoms with Gasteiger partial charge in [-0.15, -0.1) is 0 Å². The van der Waals surface area contributed by atoms with Gasteiger partial charge in [-0.05, 0) is 37.1 Å². The molecule has 0 aliphatic carbocycles. The second-order valence-electron chi connectivity index (χ2n) is 7.15. The first-order chi connectivity index (χ1) is 14.0. The number of ether oxygens (including phenoxy) is 1. The second-order valence-corrected chi connectivity index (χ2v) is 7.15. The van der Waals surface area contributed by atoms with Crippen LogP contribution in [0.4, 0.5) is 0 Å². The van der Waals surface area contributed by atoms with Crippen molar-refractivity contribution in [3.05, 3.63) is 107 Å². The van der Waals surface area contributed by atoms with E-state index in [1.54, 1.807) is 0 Å². The monoisotopic (exact) mass is 387 g/mol. The lowest BCUT2D eigenvalue weighted by Gasteiger charge is -2.27. The van der Waals surface area contributed by atoms with Gasteiger partial charge in [0.2, 0.25) is 0 Å². The number of carbonyl (C=O) groups excluding carboxylic acids is 2. The van der Waals surface area contributed by atoms with Gasteiger partial charge in [0.05, 0.1) is 7.11 Å². The average Bonchev–Trinajstić information content (AvgIpc) is 2.73. The van der Waals surface area contributed by atoms with Crippen molar-refractivity contribution < 1.29 is 14.3 Å². The number of amides is 1. The molecule has 0 saturated carbocycles. The maximum absolute atomic E-state index is 13.0. The summed E-state index contributed by atoms with van der Waals surface area (Å²) in [5, 5.41) is 2.92. The SMILES string of the molecule is COC(=O)[C@@H](NC(=O)c1cc(C)cc(C)c1)C(c1ccccc1)c1ccccc1. The topological polar surface area (TPSA) is 55.4 Å². The number of rotatable bonds is 6. The van der Waals surface area contributed by atoms with Crippen LogP contribution in [-0.4, -0.2) is 25.0 Å². The lowest BCUT2D eigenvalue weighted by molar-refractivity contribution is -0.143. The molecule has 0 saturated heterocycles. The van der Waals surface area contributed by atoms with Crippen molar-refractivity contribution in [1.82, 2.24) is 5.32 Å². The van der Waals surface area contributed by atoms with Crippen LogP contribution in [0.25, 0.3) is 0 Å². The second kappa shape index (κ2) is 9.20. The Morgan fingerprint density at radius 3 is 1.72 bits per heavy atom. The summed E-state index contributed by atoms with van der Waals surface area (Å²) in [6, 6.07) is 24.1. The Hall–Kier alpha value is -3.40. The van der Waals surface area contributed by atoms with Crippen LogP contribution >= 0.6 is 0 Å². The third kappa shape index (κ3) is 4.91. The summed E-state index contributed by atoms with van der Waals surface area (Å²) in [6.45, 7) is 3.89. The number of carbonyl (C=O) groups is 2. The Labute approximate surface area is 171 Å². The van der Waals surface area contributed by atoms with E-state index in [2.05, 4.69) is 5.32 Å². The largest absolute Gasteiger partial charge is 0.467 e.